The van der Waals surface area contributed by atoms with Crippen molar-refractivity contribution >= 4 is 5.57 Å². The van der Waals surface area contributed by atoms with E-state index in [0.717, 1.165) is 12.2 Å². The average molecular weight is 258 g/mol. The van der Waals surface area contributed by atoms with E-state index in [9.17, 15) is 5.11 Å². The Morgan fingerprint density at radius 2 is 2.05 bits per heavy atom. The van der Waals surface area contributed by atoms with Crippen LogP contribution in [0.4, 0.5) is 0 Å². The van der Waals surface area contributed by atoms with Crippen LogP contribution in [0.5, 0.6) is 5.75 Å². The minimum atomic E-state index is -0.238. The zero-order chi connectivity index (χ0) is 13.8. The first-order valence-corrected chi connectivity index (χ1v) is 7.08. The van der Waals surface area contributed by atoms with Crippen LogP contribution >= 0.6 is 0 Å². The van der Waals surface area contributed by atoms with Crippen LogP contribution in [-0.4, -0.2) is 16.8 Å². The number of benzene rings is 1. The fourth-order valence-electron chi connectivity index (χ4n) is 3.13. The van der Waals surface area contributed by atoms with Crippen molar-refractivity contribution in [1.29, 1.82) is 0 Å². The highest BCUT2D eigenvalue weighted by Crippen LogP contribution is 2.45. The molecule has 0 amide bonds. The Labute approximate surface area is 115 Å². The van der Waals surface area contributed by atoms with Gasteiger partial charge in [-0.05, 0) is 62.3 Å². The van der Waals surface area contributed by atoms with Gasteiger partial charge in [0.25, 0.3) is 0 Å². The molecule has 19 heavy (non-hydrogen) atoms. The van der Waals surface area contributed by atoms with Gasteiger partial charge in [0.2, 0.25) is 0 Å². The van der Waals surface area contributed by atoms with Gasteiger partial charge in [0, 0.05) is 5.56 Å². The summed E-state index contributed by atoms with van der Waals surface area (Å²) >= 11 is 0. The third-order valence-electron chi connectivity index (χ3n) is 4.34. The quantitative estimate of drug-likeness (QED) is 0.875. The molecular formula is C17H22O2. The molecule has 1 saturated carbocycles. The van der Waals surface area contributed by atoms with E-state index in [1.807, 2.05) is 0 Å². The number of rotatable bonds is 2. The van der Waals surface area contributed by atoms with Crippen LogP contribution in [-0.2, 0) is 0 Å². The number of aliphatic hydroxyl groups excluding tert-OH is 1. The molecule has 0 spiro atoms. The van der Waals surface area contributed by atoms with Crippen molar-refractivity contribution in [1.82, 2.24) is 0 Å². The molecule has 2 aliphatic rings. The maximum absolute atomic E-state index is 9.58. The first-order valence-electron chi connectivity index (χ1n) is 7.08. The lowest BCUT2D eigenvalue weighted by Crippen LogP contribution is -2.28. The van der Waals surface area contributed by atoms with Crippen LogP contribution in [0.2, 0.25) is 0 Å². The second kappa shape index (κ2) is 4.11. The summed E-state index contributed by atoms with van der Waals surface area (Å²) in [6.07, 6.45) is 3.00. The third-order valence-corrected chi connectivity index (χ3v) is 4.34. The number of aliphatic hydroxyl groups is 1. The van der Waals surface area contributed by atoms with Crippen molar-refractivity contribution in [2.75, 3.05) is 0 Å². The van der Waals surface area contributed by atoms with Crippen molar-refractivity contribution in [2.45, 2.75) is 51.7 Å². The molecule has 1 heterocycles. The van der Waals surface area contributed by atoms with Gasteiger partial charge in [0.1, 0.15) is 11.4 Å². The van der Waals surface area contributed by atoms with Crippen molar-refractivity contribution in [3.05, 3.63) is 35.4 Å². The van der Waals surface area contributed by atoms with Crippen LogP contribution < -0.4 is 4.74 Å². The number of hydrogen-bond donors (Lipinski definition) is 1. The molecule has 3 rings (SSSR count). The van der Waals surface area contributed by atoms with Gasteiger partial charge in [-0.3, -0.25) is 0 Å². The van der Waals surface area contributed by atoms with Crippen molar-refractivity contribution in [3.8, 4) is 5.75 Å². The Balaban J connectivity index is 1.94. The maximum Gasteiger partial charge on any atom is 0.128 e. The zero-order valence-corrected chi connectivity index (χ0v) is 12.1. The van der Waals surface area contributed by atoms with E-state index in [1.54, 1.807) is 0 Å². The largest absolute Gasteiger partial charge is 0.483 e. The molecule has 0 radical (unpaired) electrons. The molecule has 2 nitrogen and oxygen atoms in total. The second-order valence-corrected chi connectivity index (χ2v) is 6.54. The average Bonchev–Trinajstić information content (AvgIpc) is 3.03. The Kier molecular flexibility index (Phi) is 2.75. The van der Waals surface area contributed by atoms with E-state index < -0.39 is 0 Å². The molecule has 0 bridgehead atoms. The molecule has 3 atom stereocenters. The van der Waals surface area contributed by atoms with E-state index in [0.29, 0.717) is 11.8 Å². The monoisotopic (exact) mass is 258 g/mol. The molecule has 1 fully saturated rings. The van der Waals surface area contributed by atoms with Crippen LogP contribution in [0.3, 0.4) is 0 Å². The van der Waals surface area contributed by atoms with Crippen LogP contribution in [0, 0.1) is 5.92 Å². The minimum absolute atomic E-state index is 0.106. The lowest BCUT2D eigenvalue weighted by molar-refractivity contribution is 0.157. The highest BCUT2D eigenvalue weighted by atomic mass is 16.5. The predicted octanol–water partition coefficient (Wildman–Crippen LogP) is 3.75. The van der Waals surface area contributed by atoms with E-state index >= 15 is 0 Å². The first-order chi connectivity index (χ1) is 8.87. The van der Waals surface area contributed by atoms with Gasteiger partial charge in [0.15, 0.2) is 0 Å². The first kappa shape index (κ1) is 12.7. The molecule has 1 unspecified atom stereocenters. The molecule has 1 aromatic carbocycles. The van der Waals surface area contributed by atoms with Crippen molar-refractivity contribution in [2.24, 2.45) is 5.92 Å². The third kappa shape index (κ3) is 2.30. The van der Waals surface area contributed by atoms with Gasteiger partial charge >= 0.3 is 0 Å². The fourth-order valence-corrected chi connectivity index (χ4v) is 3.13. The Hall–Kier alpha value is -1.28. The summed E-state index contributed by atoms with van der Waals surface area (Å²) < 4.78 is 6.07. The summed E-state index contributed by atoms with van der Waals surface area (Å²) in [6, 6.07) is 6.48. The van der Waals surface area contributed by atoms with Crippen LogP contribution in [0.15, 0.2) is 24.3 Å². The summed E-state index contributed by atoms with van der Waals surface area (Å²) in [4.78, 5) is 0. The summed E-state index contributed by atoms with van der Waals surface area (Å²) in [6.45, 7) is 8.50. The lowest BCUT2D eigenvalue weighted by atomic mass is 9.90. The molecule has 2 heteroatoms. The summed E-state index contributed by atoms with van der Waals surface area (Å²) in [5, 5.41) is 9.58. The number of allylic oxidation sites excluding steroid dienone is 1. The smallest absolute Gasteiger partial charge is 0.128 e. The number of ether oxygens (including phenoxy) is 1. The van der Waals surface area contributed by atoms with Crippen molar-refractivity contribution < 1.29 is 9.84 Å². The zero-order valence-electron chi connectivity index (χ0n) is 12.1. The topological polar surface area (TPSA) is 29.5 Å². The van der Waals surface area contributed by atoms with Crippen LogP contribution in [0.1, 0.15) is 51.2 Å². The molecule has 1 aliphatic carbocycles. The van der Waals surface area contributed by atoms with Gasteiger partial charge in [-0.25, -0.2) is 0 Å². The Morgan fingerprint density at radius 1 is 1.37 bits per heavy atom. The van der Waals surface area contributed by atoms with Gasteiger partial charge in [0.05, 0.1) is 6.10 Å². The molecule has 0 aromatic heterocycles. The number of hydrogen-bond acceptors (Lipinski definition) is 2. The van der Waals surface area contributed by atoms with Gasteiger partial charge in [-0.2, -0.15) is 0 Å². The van der Waals surface area contributed by atoms with E-state index in [2.05, 4.69) is 52.0 Å². The molecule has 0 saturated heterocycles. The molecular weight excluding hydrogens is 236 g/mol. The number of fused-ring (bicyclic) bond motifs is 1. The van der Waals surface area contributed by atoms with Crippen molar-refractivity contribution in [3.63, 3.8) is 0 Å². The predicted molar refractivity (Wildman–Crippen MR) is 77.3 cm³/mol. The van der Waals surface area contributed by atoms with Gasteiger partial charge in [-0.15, -0.1) is 0 Å². The van der Waals surface area contributed by atoms with Gasteiger partial charge in [-0.1, -0.05) is 19.1 Å². The van der Waals surface area contributed by atoms with Crippen LogP contribution in [0.25, 0.3) is 5.57 Å². The standard InChI is InChI=1S/C17H22O2/c1-10-9-17(3,4)19-16-7-12(5-6-13(10)16)11(2)14-8-15(14)18/h5-7,9,11,14-15,18H,8H2,1-4H3/t11-,14-,15?/m1/s1. The minimum Gasteiger partial charge on any atom is -0.483 e. The van der Waals surface area contributed by atoms with E-state index in [-0.39, 0.29) is 11.7 Å². The Bertz CT molecular complexity index is 542. The normalized spacial score (nSPS) is 29.0. The van der Waals surface area contributed by atoms with Gasteiger partial charge < -0.3 is 9.84 Å². The highest BCUT2D eigenvalue weighted by molar-refractivity contribution is 5.72. The highest BCUT2D eigenvalue weighted by Gasteiger charge is 2.40. The molecule has 1 aromatic rings. The SMILES string of the molecule is CC1=CC(C)(C)Oc2cc([C@@H](C)[C@H]3CC3O)ccc21. The molecule has 102 valence electrons. The Morgan fingerprint density at radius 3 is 2.68 bits per heavy atom. The summed E-state index contributed by atoms with van der Waals surface area (Å²) in [7, 11) is 0. The molecule has 1 N–H and O–H groups in total. The summed E-state index contributed by atoms with van der Waals surface area (Å²) in [5.41, 5.74) is 3.49. The lowest BCUT2D eigenvalue weighted by Gasteiger charge is -2.31. The van der Waals surface area contributed by atoms with E-state index in [4.69, 9.17) is 4.74 Å². The molecule has 1 aliphatic heterocycles. The summed E-state index contributed by atoms with van der Waals surface area (Å²) in [5.74, 6) is 1.80. The fraction of sp³-hybridized carbons (Fsp3) is 0.529. The maximum atomic E-state index is 9.58. The second-order valence-electron chi connectivity index (χ2n) is 6.54. The van der Waals surface area contributed by atoms with E-state index in [1.165, 1.54) is 16.7 Å².